The van der Waals surface area contributed by atoms with Crippen LogP contribution >= 0.6 is 22.6 Å². The van der Waals surface area contributed by atoms with Gasteiger partial charge >= 0.3 is 0 Å². The normalized spacial score (nSPS) is 18.9. The van der Waals surface area contributed by atoms with Gasteiger partial charge in [0.2, 0.25) is 5.92 Å². The molecule has 1 saturated carbocycles. The van der Waals surface area contributed by atoms with Gasteiger partial charge in [0, 0.05) is 36.4 Å². The van der Waals surface area contributed by atoms with Crippen LogP contribution in [0, 0.1) is 17.4 Å². The van der Waals surface area contributed by atoms with Crippen LogP contribution in [0.1, 0.15) is 37.1 Å². The van der Waals surface area contributed by atoms with Crippen molar-refractivity contribution in [3.8, 4) is 11.1 Å². The van der Waals surface area contributed by atoms with Gasteiger partial charge in [-0.2, -0.15) is 0 Å². The average molecular weight is 489 g/mol. The summed E-state index contributed by atoms with van der Waals surface area (Å²) in [7, 11) is 0. The molecule has 4 nitrogen and oxygen atoms in total. The van der Waals surface area contributed by atoms with Gasteiger partial charge in [-0.3, -0.25) is 4.98 Å². The summed E-state index contributed by atoms with van der Waals surface area (Å²) < 4.78 is 50.0. The Morgan fingerprint density at radius 1 is 1.19 bits per heavy atom. The Labute approximate surface area is 168 Å². The highest BCUT2D eigenvalue weighted by Crippen LogP contribution is 2.42. The zero-order chi connectivity index (χ0) is 19.4. The minimum atomic E-state index is -2.75. The first-order valence-electron chi connectivity index (χ1n) is 8.82. The van der Waals surface area contributed by atoms with Crippen molar-refractivity contribution in [3.63, 3.8) is 0 Å². The second-order valence-corrected chi connectivity index (χ2v) is 8.56. The second kappa shape index (κ2) is 6.49. The smallest absolute Gasteiger partial charge is 0.248 e. The first kappa shape index (κ1) is 18.8. The molecule has 8 heteroatoms. The van der Waals surface area contributed by atoms with Crippen molar-refractivity contribution in [2.45, 2.75) is 57.7 Å². The van der Waals surface area contributed by atoms with Crippen LogP contribution in [0.3, 0.4) is 0 Å². The molecular formula is C19H19F3IN3O. The van der Waals surface area contributed by atoms with Crippen molar-refractivity contribution in [1.82, 2.24) is 14.7 Å². The highest BCUT2D eigenvalue weighted by Gasteiger charge is 2.44. The monoisotopic (exact) mass is 489 g/mol. The Kier molecular flexibility index (Phi) is 4.51. The number of halogens is 4. The molecule has 0 N–H and O–H groups in total. The van der Waals surface area contributed by atoms with E-state index in [-0.39, 0.29) is 19.4 Å². The molecule has 0 aromatic carbocycles. The summed E-state index contributed by atoms with van der Waals surface area (Å²) in [5.74, 6) is -2.06. The molecule has 4 rings (SSSR count). The summed E-state index contributed by atoms with van der Waals surface area (Å²) in [6, 6.07) is 1.94. The van der Waals surface area contributed by atoms with Crippen molar-refractivity contribution < 1.29 is 17.7 Å². The van der Waals surface area contributed by atoms with Crippen molar-refractivity contribution in [3.05, 3.63) is 33.5 Å². The number of aromatic nitrogens is 3. The summed E-state index contributed by atoms with van der Waals surface area (Å²) in [6.45, 7) is 3.74. The summed E-state index contributed by atoms with van der Waals surface area (Å²) in [6.07, 6.45) is 2.53. The van der Waals surface area contributed by atoms with E-state index in [9.17, 15) is 8.78 Å². The molecule has 0 radical (unpaired) electrons. The fourth-order valence-corrected chi connectivity index (χ4v) is 4.57. The number of fused-ring (bicyclic) bond motifs is 1. The molecule has 0 amide bonds. The van der Waals surface area contributed by atoms with Crippen molar-refractivity contribution >= 4 is 33.6 Å². The van der Waals surface area contributed by atoms with Crippen LogP contribution in [0.5, 0.6) is 0 Å². The largest absolute Gasteiger partial charge is 0.361 e. The topological polar surface area (TPSA) is 43.9 Å². The maximum absolute atomic E-state index is 15.2. The van der Waals surface area contributed by atoms with Crippen LogP contribution in [0.4, 0.5) is 13.2 Å². The zero-order valence-electron chi connectivity index (χ0n) is 15.0. The van der Waals surface area contributed by atoms with E-state index in [1.165, 1.54) is 0 Å². The number of hydrogen-bond acceptors (Lipinski definition) is 3. The van der Waals surface area contributed by atoms with Gasteiger partial charge in [-0.1, -0.05) is 5.16 Å². The molecule has 27 heavy (non-hydrogen) atoms. The third kappa shape index (κ3) is 3.48. The predicted molar refractivity (Wildman–Crippen MR) is 105 cm³/mol. The van der Waals surface area contributed by atoms with Gasteiger partial charge in [0.15, 0.2) is 0 Å². The van der Waals surface area contributed by atoms with E-state index in [1.54, 1.807) is 10.8 Å². The van der Waals surface area contributed by atoms with Crippen molar-refractivity contribution in [2.75, 3.05) is 0 Å². The van der Waals surface area contributed by atoms with E-state index in [4.69, 9.17) is 4.52 Å². The minimum Gasteiger partial charge on any atom is -0.361 e. The minimum absolute atomic E-state index is 0.0509. The van der Waals surface area contributed by atoms with E-state index in [2.05, 4.69) is 32.7 Å². The van der Waals surface area contributed by atoms with Gasteiger partial charge in [-0.25, -0.2) is 13.2 Å². The van der Waals surface area contributed by atoms with E-state index in [1.807, 2.05) is 26.1 Å². The number of pyridine rings is 1. The Hall–Kier alpha value is -1.58. The molecule has 0 spiro atoms. The van der Waals surface area contributed by atoms with E-state index >= 15 is 4.39 Å². The van der Waals surface area contributed by atoms with Crippen molar-refractivity contribution in [1.29, 1.82) is 0 Å². The summed E-state index contributed by atoms with van der Waals surface area (Å²) in [5.41, 5.74) is 2.41. The predicted octanol–water partition coefficient (Wildman–Crippen LogP) is 5.83. The highest BCUT2D eigenvalue weighted by atomic mass is 127. The Morgan fingerprint density at radius 3 is 2.52 bits per heavy atom. The van der Waals surface area contributed by atoms with Gasteiger partial charge in [-0.15, -0.1) is 0 Å². The summed E-state index contributed by atoms with van der Waals surface area (Å²) in [5, 5.41) is 3.98. The molecule has 3 aromatic rings. The number of nitrogens with zero attached hydrogens (tertiary/aromatic N) is 3. The molecule has 144 valence electrons. The van der Waals surface area contributed by atoms with Crippen molar-refractivity contribution in [2.24, 2.45) is 0 Å². The lowest BCUT2D eigenvalue weighted by Crippen LogP contribution is -2.38. The lowest BCUT2D eigenvalue weighted by atomic mass is 9.84. The first-order chi connectivity index (χ1) is 12.7. The molecule has 3 heterocycles. The SMILES string of the molecule is Cc1noc(C)c1-c1cnc2c(I)cn(CC3(F)CCC(F)(F)CC3)c2c1. The molecule has 0 bridgehead atoms. The van der Waals surface area contributed by atoms with Crippen LogP contribution in [-0.4, -0.2) is 26.3 Å². The Bertz CT molecular complexity index is 982. The quantitative estimate of drug-likeness (QED) is 0.435. The molecule has 1 aliphatic carbocycles. The van der Waals surface area contributed by atoms with E-state index < -0.39 is 24.4 Å². The van der Waals surface area contributed by atoms with Crippen LogP contribution in [0.2, 0.25) is 0 Å². The molecular weight excluding hydrogens is 470 g/mol. The van der Waals surface area contributed by atoms with Gasteiger partial charge in [-0.05, 0) is 55.3 Å². The number of rotatable bonds is 3. The maximum Gasteiger partial charge on any atom is 0.248 e. The third-order valence-corrected chi connectivity index (χ3v) is 6.12. The van der Waals surface area contributed by atoms with Gasteiger partial charge in [0.05, 0.1) is 21.3 Å². The molecule has 0 saturated heterocycles. The van der Waals surface area contributed by atoms with Gasteiger partial charge < -0.3 is 9.09 Å². The first-order valence-corrected chi connectivity index (χ1v) is 9.90. The van der Waals surface area contributed by atoms with Crippen LogP contribution in [-0.2, 0) is 6.54 Å². The maximum atomic E-state index is 15.2. The number of hydrogen-bond donors (Lipinski definition) is 0. The van der Waals surface area contributed by atoms with Crippen LogP contribution in [0.15, 0.2) is 23.0 Å². The van der Waals surface area contributed by atoms with E-state index in [0.29, 0.717) is 5.76 Å². The Balaban J connectivity index is 1.72. The van der Waals surface area contributed by atoms with Crippen LogP contribution in [0.25, 0.3) is 22.2 Å². The lowest BCUT2D eigenvalue weighted by molar-refractivity contribution is -0.0791. The standard InChI is InChI=1S/C19H19F3IN3O/c1-11-16(12(2)27-25-11)13-7-15-17(24-8-13)14(23)9-26(15)10-18(20)3-5-19(21,22)6-4-18/h7-9H,3-6,10H2,1-2H3. The second-order valence-electron chi connectivity index (χ2n) is 7.40. The summed E-state index contributed by atoms with van der Waals surface area (Å²) >= 11 is 2.17. The van der Waals surface area contributed by atoms with Gasteiger partial charge in [0.25, 0.3) is 0 Å². The Morgan fingerprint density at radius 2 is 1.89 bits per heavy atom. The van der Waals surface area contributed by atoms with E-state index in [0.717, 1.165) is 31.4 Å². The number of aryl methyl sites for hydroxylation is 2. The number of alkyl halides is 3. The average Bonchev–Trinajstić information content (AvgIpc) is 3.10. The summed E-state index contributed by atoms with van der Waals surface area (Å²) in [4.78, 5) is 4.54. The molecule has 0 atom stereocenters. The van der Waals surface area contributed by atoms with Gasteiger partial charge in [0.1, 0.15) is 16.9 Å². The third-order valence-electron chi connectivity index (χ3n) is 5.33. The fourth-order valence-electron chi connectivity index (χ4n) is 3.81. The zero-order valence-corrected chi connectivity index (χ0v) is 17.2. The highest BCUT2D eigenvalue weighted by molar-refractivity contribution is 14.1. The molecule has 1 aliphatic rings. The van der Waals surface area contributed by atoms with Crippen LogP contribution < -0.4 is 0 Å². The molecule has 0 unspecified atom stereocenters. The lowest BCUT2D eigenvalue weighted by Gasteiger charge is -2.34. The molecule has 1 fully saturated rings. The molecule has 3 aromatic heterocycles. The fraction of sp³-hybridized carbons (Fsp3) is 0.474. The molecule has 0 aliphatic heterocycles.